The van der Waals surface area contributed by atoms with Crippen LogP contribution in [0.4, 0.5) is 0 Å². The molecule has 0 bridgehead atoms. The van der Waals surface area contributed by atoms with Crippen LogP contribution in [-0.4, -0.2) is 16.7 Å². The summed E-state index contributed by atoms with van der Waals surface area (Å²) in [6.07, 6.45) is 0.391. The summed E-state index contributed by atoms with van der Waals surface area (Å²) in [6.45, 7) is 2.38. The van der Waals surface area contributed by atoms with Crippen LogP contribution in [0.2, 0.25) is 0 Å². The number of thiocarbonyl (C=S) groups is 1. The average Bonchev–Trinajstić information content (AvgIpc) is 2.11. The lowest BCUT2D eigenvalue weighted by Gasteiger charge is -2.09. The number of benzene rings is 1. The Morgan fingerprint density at radius 3 is 2.86 bits per heavy atom. The fourth-order valence-corrected chi connectivity index (χ4v) is 1.33. The van der Waals surface area contributed by atoms with Crippen molar-refractivity contribution in [2.45, 2.75) is 13.3 Å². The number of hydrogen-bond acceptors (Lipinski definition) is 3. The molecule has 4 heteroatoms. The monoisotopic (exact) mass is 211 g/mol. The van der Waals surface area contributed by atoms with Gasteiger partial charge in [-0.05, 0) is 13.0 Å². The summed E-state index contributed by atoms with van der Waals surface area (Å²) < 4.78 is 5.22. The molecule has 76 valence electrons. The molecule has 0 saturated carbocycles. The van der Waals surface area contributed by atoms with E-state index in [4.69, 9.17) is 22.7 Å². The van der Waals surface area contributed by atoms with Crippen molar-refractivity contribution in [2.75, 3.05) is 6.61 Å². The Balaban J connectivity index is 2.94. The minimum atomic E-state index is 0.127. The molecule has 0 amide bonds. The largest absolute Gasteiger partial charge is 0.504 e. The predicted molar refractivity (Wildman–Crippen MR) is 59.8 cm³/mol. The van der Waals surface area contributed by atoms with Crippen LogP contribution in [0, 0.1) is 0 Å². The van der Waals surface area contributed by atoms with Gasteiger partial charge in [0.15, 0.2) is 11.5 Å². The Hall–Kier alpha value is -1.29. The van der Waals surface area contributed by atoms with E-state index >= 15 is 0 Å². The van der Waals surface area contributed by atoms with E-state index < -0.39 is 0 Å². The second-order valence-electron chi connectivity index (χ2n) is 2.84. The Morgan fingerprint density at radius 2 is 2.29 bits per heavy atom. The van der Waals surface area contributed by atoms with Gasteiger partial charge in [-0.2, -0.15) is 0 Å². The number of phenols is 1. The number of aromatic hydroxyl groups is 1. The highest BCUT2D eigenvalue weighted by Crippen LogP contribution is 2.29. The molecule has 0 saturated heterocycles. The molecule has 0 aromatic heterocycles. The molecule has 0 radical (unpaired) electrons. The number of ether oxygens (including phenoxy) is 1. The van der Waals surface area contributed by atoms with Crippen LogP contribution < -0.4 is 10.5 Å². The Kier molecular flexibility index (Phi) is 3.71. The van der Waals surface area contributed by atoms with Gasteiger partial charge in [-0.25, -0.2) is 0 Å². The molecule has 0 atom stereocenters. The zero-order valence-electron chi connectivity index (χ0n) is 7.99. The SMILES string of the molecule is CCOc1cccc(CC(N)=S)c1O. The van der Waals surface area contributed by atoms with Gasteiger partial charge in [-0.15, -0.1) is 0 Å². The minimum Gasteiger partial charge on any atom is -0.504 e. The first-order valence-corrected chi connectivity index (χ1v) is 4.78. The summed E-state index contributed by atoms with van der Waals surface area (Å²) >= 11 is 4.77. The normalized spacial score (nSPS) is 9.79. The molecule has 0 aliphatic rings. The van der Waals surface area contributed by atoms with Crippen molar-refractivity contribution in [1.82, 2.24) is 0 Å². The van der Waals surface area contributed by atoms with Gasteiger partial charge in [-0.1, -0.05) is 24.4 Å². The summed E-state index contributed by atoms with van der Waals surface area (Å²) in [7, 11) is 0. The van der Waals surface area contributed by atoms with Gasteiger partial charge in [0, 0.05) is 12.0 Å². The van der Waals surface area contributed by atoms with E-state index in [0.717, 1.165) is 0 Å². The summed E-state index contributed by atoms with van der Waals surface area (Å²) in [5, 5.41) is 9.73. The lowest BCUT2D eigenvalue weighted by atomic mass is 10.1. The average molecular weight is 211 g/mol. The second-order valence-corrected chi connectivity index (χ2v) is 3.36. The van der Waals surface area contributed by atoms with Crippen molar-refractivity contribution in [1.29, 1.82) is 0 Å². The third-order valence-electron chi connectivity index (χ3n) is 1.75. The van der Waals surface area contributed by atoms with Crippen LogP contribution in [0.5, 0.6) is 11.5 Å². The third-order valence-corrected chi connectivity index (χ3v) is 1.89. The lowest BCUT2D eigenvalue weighted by molar-refractivity contribution is 0.317. The molecule has 0 heterocycles. The predicted octanol–water partition coefficient (Wildman–Crippen LogP) is 1.62. The second kappa shape index (κ2) is 4.81. The maximum absolute atomic E-state index is 9.73. The molecular formula is C10H13NO2S. The lowest BCUT2D eigenvalue weighted by Crippen LogP contribution is -2.11. The zero-order chi connectivity index (χ0) is 10.6. The third kappa shape index (κ3) is 2.60. The molecule has 0 unspecified atom stereocenters. The van der Waals surface area contributed by atoms with Crippen LogP contribution in [-0.2, 0) is 6.42 Å². The van der Waals surface area contributed by atoms with Crippen LogP contribution in [0.1, 0.15) is 12.5 Å². The quantitative estimate of drug-likeness (QED) is 0.743. The number of para-hydroxylation sites is 1. The standard InChI is InChI=1S/C10H13NO2S/c1-2-13-8-5-3-4-7(10(8)12)6-9(11)14/h3-5,12H,2,6H2,1H3,(H2,11,14). The first-order valence-electron chi connectivity index (χ1n) is 4.37. The van der Waals surface area contributed by atoms with Crippen molar-refractivity contribution in [3.05, 3.63) is 23.8 Å². The van der Waals surface area contributed by atoms with Gasteiger partial charge >= 0.3 is 0 Å². The molecule has 3 N–H and O–H groups in total. The van der Waals surface area contributed by atoms with Gasteiger partial charge in [0.2, 0.25) is 0 Å². The van der Waals surface area contributed by atoms with Crippen LogP contribution in [0.15, 0.2) is 18.2 Å². The molecule has 1 aromatic rings. The van der Waals surface area contributed by atoms with E-state index in [-0.39, 0.29) is 5.75 Å². The summed E-state index contributed by atoms with van der Waals surface area (Å²) in [5.41, 5.74) is 6.09. The van der Waals surface area contributed by atoms with Gasteiger partial charge in [0.05, 0.1) is 11.6 Å². The zero-order valence-corrected chi connectivity index (χ0v) is 8.80. The maximum Gasteiger partial charge on any atom is 0.161 e. The van der Waals surface area contributed by atoms with Gasteiger partial charge in [0.25, 0.3) is 0 Å². The van der Waals surface area contributed by atoms with E-state index in [1.807, 2.05) is 6.92 Å². The highest BCUT2D eigenvalue weighted by Gasteiger charge is 2.07. The van der Waals surface area contributed by atoms with E-state index in [2.05, 4.69) is 0 Å². The molecule has 14 heavy (non-hydrogen) atoms. The topological polar surface area (TPSA) is 55.5 Å². The molecule has 0 spiro atoms. The highest BCUT2D eigenvalue weighted by molar-refractivity contribution is 7.80. The van der Waals surface area contributed by atoms with E-state index in [9.17, 15) is 5.11 Å². The van der Waals surface area contributed by atoms with E-state index in [1.54, 1.807) is 18.2 Å². The molecule has 0 aliphatic carbocycles. The first kappa shape index (κ1) is 10.8. The molecule has 0 fully saturated rings. The molecule has 0 aliphatic heterocycles. The number of phenolic OH excluding ortho intramolecular Hbond substituents is 1. The number of nitrogens with two attached hydrogens (primary N) is 1. The molecule has 1 aromatic carbocycles. The number of hydrogen-bond donors (Lipinski definition) is 2. The fourth-order valence-electron chi connectivity index (χ4n) is 1.17. The van der Waals surface area contributed by atoms with E-state index in [1.165, 1.54) is 0 Å². The van der Waals surface area contributed by atoms with E-state index in [0.29, 0.717) is 29.3 Å². The van der Waals surface area contributed by atoms with Crippen molar-refractivity contribution in [3.8, 4) is 11.5 Å². The van der Waals surface area contributed by atoms with Crippen molar-refractivity contribution in [2.24, 2.45) is 5.73 Å². The summed E-state index contributed by atoms with van der Waals surface area (Å²) in [6, 6.07) is 5.29. The van der Waals surface area contributed by atoms with Gasteiger partial charge in [0.1, 0.15) is 0 Å². The van der Waals surface area contributed by atoms with Gasteiger partial charge < -0.3 is 15.6 Å². The maximum atomic E-state index is 9.73. The Bertz CT molecular complexity index is 339. The van der Waals surface area contributed by atoms with Crippen LogP contribution in [0.25, 0.3) is 0 Å². The molecular weight excluding hydrogens is 198 g/mol. The van der Waals surface area contributed by atoms with Crippen molar-refractivity contribution >= 4 is 17.2 Å². The summed E-state index contributed by atoms with van der Waals surface area (Å²) in [5.74, 6) is 0.600. The molecule has 3 nitrogen and oxygen atoms in total. The Morgan fingerprint density at radius 1 is 1.57 bits per heavy atom. The Labute approximate surface area is 88.5 Å². The fraction of sp³-hybridized carbons (Fsp3) is 0.300. The highest BCUT2D eigenvalue weighted by atomic mass is 32.1. The summed E-state index contributed by atoms with van der Waals surface area (Å²) in [4.78, 5) is 0.356. The number of rotatable bonds is 4. The smallest absolute Gasteiger partial charge is 0.161 e. The first-order chi connectivity index (χ1) is 6.65. The van der Waals surface area contributed by atoms with Crippen molar-refractivity contribution in [3.63, 3.8) is 0 Å². The molecule has 1 rings (SSSR count). The van der Waals surface area contributed by atoms with Crippen LogP contribution >= 0.6 is 12.2 Å². The van der Waals surface area contributed by atoms with Crippen molar-refractivity contribution < 1.29 is 9.84 Å². The van der Waals surface area contributed by atoms with Gasteiger partial charge in [-0.3, -0.25) is 0 Å². The van der Waals surface area contributed by atoms with Crippen LogP contribution in [0.3, 0.4) is 0 Å². The minimum absolute atomic E-state index is 0.127.